The highest BCUT2D eigenvalue weighted by atomic mass is 16.3. The third-order valence-electron chi connectivity index (χ3n) is 3.09. The molecular weight excluding hydrogens is 216 g/mol. The maximum atomic E-state index is 9.84. The highest BCUT2D eigenvalue weighted by Crippen LogP contribution is 2.29. The fraction of sp³-hybridized carbons (Fsp3) is 0.571. The number of phenols is 1. The van der Waals surface area contributed by atoms with Gasteiger partial charge in [0.15, 0.2) is 0 Å². The lowest BCUT2D eigenvalue weighted by Crippen LogP contribution is -2.27. The van der Waals surface area contributed by atoms with Crippen molar-refractivity contribution in [2.45, 2.75) is 51.2 Å². The number of phenolic OH excluding ortho intramolecular Hbond substituents is 1. The number of para-hydroxylation sites is 1. The van der Waals surface area contributed by atoms with Crippen LogP contribution in [0.1, 0.15) is 44.6 Å². The van der Waals surface area contributed by atoms with Crippen LogP contribution < -0.4 is 0 Å². The van der Waals surface area contributed by atoms with E-state index in [4.69, 9.17) is 0 Å². The van der Waals surface area contributed by atoms with Crippen LogP contribution >= 0.6 is 0 Å². The van der Waals surface area contributed by atoms with Crippen LogP contribution in [0.3, 0.4) is 0 Å². The lowest BCUT2D eigenvalue weighted by molar-refractivity contribution is 0.00628. The van der Waals surface area contributed by atoms with E-state index in [0.717, 1.165) is 12.0 Å². The van der Waals surface area contributed by atoms with E-state index in [-0.39, 0.29) is 11.7 Å². The Bertz CT molecular complexity index is 338. The Kier molecular flexibility index (Phi) is 5.45. The first kappa shape index (κ1) is 14.0. The summed E-state index contributed by atoms with van der Waals surface area (Å²) in [5.74, 6) is 0.273. The summed E-state index contributed by atoms with van der Waals surface area (Å²) in [7, 11) is 0. The second-order valence-electron chi connectivity index (χ2n) is 4.62. The quantitative estimate of drug-likeness (QED) is 0.713. The molecule has 0 saturated heterocycles. The van der Waals surface area contributed by atoms with Crippen molar-refractivity contribution in [1.29, 1.82) is 0 Å². The van der Waals surface area contributed by atoms with Gasteiger partial charge >= 0.3 is 0 Å². The van der Waals surface area contributed by atoms with E-state index in [9.17, 15) is 15.3 Å². The smallest absolute Gasteiger partial charge is 0.119 e. The van der Waals surface area contributed by atoms with Crippen molar-refractivity contribution < 1.29 is 15.3 Å². The van der Waals surface area contributed by atoms with Gasteiger partial charge in [-0.05, 0) is 30.4 Å². The van der Waals surface area contributed by atoms with Crippen LogP contribution in [-0.4, -0.2) is 27.5 Å². The first-order valence-electron chi connectivity index (χ1n) is 6.20. The number of aliphatic hydroxyl groups is 2. The molecule has 0 bridgehead atoms. The van der Waals surface area contributed by atoms with Crippen LogP contribution in [0.4, 0.5) is 0 Å². The molecule has 0 aliphatic rings. The molecule has 3 heteroatoms. The van der Waals surface area contributed by atoms with E-state index in [1.165, 1.54) is 0 Å². The lowest BCUT2D eigenvalue weighted by atomic mass is 9.91. The highest BCUT2D eigenvalue weighted by molar-refractivity contribution is 5.34. The molecule has 0 heterocycles. The molecule has 0 aliphatic carbocycles. The first-order valence-corrected chi connectivity index (χ1v) is 6.20. The molecule has 1 aromatic carbocycles. The minimum absolute atomic E-state index is 0.0257. The minimum atomic E-state index is -0.732. The van der Waals surface area contributed by atoms with Gasteiger partial charge in [-0.2, -0.15) is 0 Å². The Hall–Kier alpha value is -1.06. The van der Waals surface area contributed by atoms with Gasteiger partial charge in [-0.3, -0.25) is 0 Å². The number of rotatable bonds is 6. The van der Waals surface area contributed by atoms with Gasteiger partial charge in [0.1, 0.15) is 5.75 Å². The second-order valence-corrected chi connectivity index (χ2v) is 4.62. The Morgan fingerprint density at radius 3 is 2.35 bits per heavy atom. The third-order valence-corrected chi connectivity index (χ3v) is 3.09. The van der Waals surface area contributed by atoms with E-state index < -0.39 is 12.2 Å². The standard InChI is InChI=1S/C14H22O3/c1-3-6-13(16)14(17)9-10(2)11-7-4-5-8-12(11)15/h4-5,7-8,10,13-17H,3,6,9H2,1-2H3. The molecule has 3 atom stereocenters. The molecule has 0 fully saturated rings. The zero-order valence-electron chi connectivity index (χ0n) is 10.5. The predicted molar refractivity (Wildman–Crippen MR) is 68.1 cm³/mol. The largest absolute Gasteiger partial charge is 0.508 e. The van der Waals surface area contributed by atoms with E-state index in [2.05, 4.69) is 0 Å². The summed E-state index contributed by atoms with van der Waals surface area (Å²) in [6.07, 6.45) is 0.509. The molecule has 0 spiro atoms. The predicted octanol–water partition coefficient (Wildman–Crippen LogP) is 2.41. The molecule has 3 N–H and O–H groups in total. The first-order chi connectivity index (χ1) is 8.06. The summed E-state index contributed by atoms with van der Waals surface area (Å²) < 4.78 is 0. The van der Waals surface area contributed by atoms with Gasteiger partial charge in [0.25, 0.3) is 0 Å². The van der Waals surface area contributed by atoms with Gasteiger partial charge in [-0.15, -0.1) is 0 Å². The molecule has 3 unspecified atom stereocenters. The summed E-state index contributed by atoms with van der Waals surface area (Å²) >= 11 is 0. The zero-order chi connectivity index (χ0) is 12.8. The Morgan fingerprint density at radius 1 is 1.12 bits per heavy atom. The van der Waals surface area contributed by atoms with Gasteiger partial charge in [0.2, 0.25) is 0 Å². The van der Waals surface area contributed by atoms with Crippen molar-refractivity contribution in [3.8, 4) is 5.75 Å². The van der Waals surface area contributed by atoms with Crippen LogP contribution in [0, 0.1) is 0 Å². The molecule has 0 aliphatic heterocycles. The van der Waals surface area contributed by atoms with Gasteiger partial charge in [-0.1, -0.05) is 38.5 Å². The number of hydrogen-bond acceptors (Lipinski definition) is 3. The minimum Gasteiger partial charge on any atom is -0.508 e. The molecule has 1 aromatic rings. The van der Waals surface area contributed by atoms with Gasteiger partial charge in [0.05, 0.1) is 12.2 Å². The number of aliphatic hydroxyl groups excluding tert-OH is 2. The Balaban J connectivity index is 2.60. The summed E-state index contributed by atoms with van der Waals surface area (Å²) in [6, 6.07) is 7.12. The van der Waals surface area contributed by atoms with Crippen molar-refractivity contribution >= 4 is 0 Å². The van der Waals surface area contributed by atoms with Crippen LogP contribution in [0.2, 0.25) is 0 Å². The monoisotopic (exact) mass is 238 g/mol. The maximum Gasteiger partial charge on any atom is 0.119 e. The number of aromatic hydroxyl groups is 1. The van der Waals surface area contributed by atoms with Crippen LogP contribution in [0.25, 0.3) is 0 Å². The topological polar surface area (TPSA) is 60.7 Å². The fourth-order valence-corrected chi connectivity index (χ4v) is 2.04. The van der Waals surface area contributed by atoms with Crippen molar-refractivity contribution in [3.63, 3.8) is 0 Å². The second kappa shape index (κ2) is 6.62. The Labute approximate surface area is 103 Å². The average Bonchev–Trinajstić information content (AvgIpc) is 2.29. The summed E-state index contributed by atoms with van der Waals surface area (Å²) in [5, 5.41) is 29.2. The molecule has 0 aromatic heterocycles. The highest BCUT2D eigenvalue weighted by Gasteiger charge is 2.20. The summed E-state index contributed by atoms with van der Waals surface area (Å²) in [5.41, 5.74) is 0.815. The van der Waals surface area contributed by atoms with Crippen LogP contribution in [-0.2, 0) is 0 Å². The van der Waals surface area contributed by atoms with Crippen LogP contribution in [0.15, 0.2) is 24.3 Å². The van der Waals surface area contributed by atoms with E-state index >= 15 is 0 Å². The molecule has 0 amide bonds. The number of benzene rings is 1. The molecule has 17 heavy (non-hydrogen) atoms. The maximum absolute atomic E-state index is 9.84. The van der Waals surface area contributed by atoms with Gasteiger partial charge in [0, 0.05) is 0 Å². The van der Waals surface area contributed by atoms with Gasteiger partial charge in [-0.25, -0.2) is 0 Å². The van der Waals surface area contributed by atoms with Crippen molar-refractivity contribution in [3.05, 3.63) is 29.8 Å². The Morgan fingerprint density at radius 2 is 1.76 bits per heavy atom. The molecule has 96 valence electrons. The average molecular weight is 238 g/mol. The van der Waals surface area contributed by atoms with Crippen molar-refractivity contribution in [2.24, 2.45) is 0 Å². The zero-order valence-corrected chi connectivity index (χ0v) is 10.5. The molecule has 3 nitrogen and oxygen atoms in total. The molecule has 0 radical (unpaired) electrons. The third kappa shape index (κ3) is 4.02. The molecular formula is C14H22O3. The number of hydrogen-bond donors (Lipinski definition) is 3. The van der Waals surface area contributed by atoms with E-state index in [0.29, 0.717) is 12.8 Å². The van der Waals surface area contributed by atoms with Gasteiger partial charge < -0.3 is 15.3 Å². The van der Waals surface area contributed by atoms with Crippen LogP contribution in [0.5, 0.6) is 5.75 Å². The normalized spacial score (nSPS) is 16.5. The summed E-state index contributed by atoms with van der Waals surface area (Å²) in [6.45, 7) is 3.92. The fourth-order valence-electron chi connectivity index (χ4n) is 2.04. The molecule has 0 saturated carbocycles. The molecule has 1 rings (SSSR count). The van der Waals surface area contributed by atoms with Crippen molar-refractivity contribution in [1.82, 2.24) is 0 Å². The lowest BCUT2D eigenvalue weighted by Gasteiger charge is -2.21. The SMILES string of the molecule is CCCC(O)C(O)CC(C)c1ccccc1O. The van der Waals surface area contributed by atoms with E-state index in [1.807, 2.05) is 26.0 Å². The van der Waals surface area contributed by atoms with Crippen molar-refractivity contribution in [2.75, 3.05) is 0 Å². The van der Waals surface area contributed by atoms with E-state index in [1.54, 1.807) is 12.1 Å². The summed E-state index contributed by atoms with van der Waals surface area (Å²) in [4.78, 5) is 0.